The van der Waals surface area contributed by atoms with Gasteiger partial charge in [-0.25, -0.2) is 0 Å². The first kappa shape index (κ1) is 14.8. The van der Waals surface area contributed by atoms with Crippen molar-refractivity contribution in [1.82, 2.24) is 9.88 Å². The Morgan fingerprint density at radius 1 is 1.23 bits per heavy atom. The number of aromatic nitrogens is 1. The summed E-state index contributed by atoms with van der Waals surface area (Å²) >= 11 is 0. The molecule has 0 unspecified atom stereocenters. The number of carbonyl (C=O) groups is 1. The van der Waals surface area contributed by atoms with Gasteiger partial charge in [0.25, 0.3) is 5.91 Å². The van der Waals surface area contributed by atoms with E-state index in [4.69, 9.17) is 0 Å². The zero-order chi connectivity index (χ0) is 15.5. The molecule has 1 aromatic heterocycles. The molecule has 1 fully saturated rings. The van der Waals surface area contributed by atoms with Crippen molar-refractivity contribution in [2.45, 2.75) is 51.6 Å². The van der Waals surface area contributed by atoms with Gasteiger partial charge in [-0.15, -0.1) is 0 Å². The minimum atomic E-state index is -0.232. The number of nitrogens with zero attached hydrogens (tertiary/aromatic N) is 1. The van der Waals surface area contributed by atoms with Crippen LogP contribution in [0.3, 0.4) is 0 Å². The molecule has 1 aromatic carbocycles. The van der Waals surface area contributed by atoms with Crippen molar-refractivity contribution in [1.29, 1.82) is 0 Å². The third-order valence-corrected chi connectivity index (χ3v) is 4.51. The van der Waals surface area contributed by atoms with Gasteiger partial charge in [-0.2, -0.15) is 0 Å². The maximum atomic E-state index is 12.6. The number of pyridine rings is 1. The number of benzene rings is 1. The number of nitrogens with one attached hydrogen (secondary N) is 1. The van der Waals surface area contributed by atoms with Gasteiger partial charge in [0.1, 0.15) is 5.56 Å². The van der Waals surface area contributed by atoms with E-state index in [0.29, 0.717) is 5.39 Å². The fourth-order valence-corrected chi connectivity index (χ4v) is 3.28. The lowest BCUT2D eigenvalue weighted by Crippen LogP contribution is -2.38. The number of fused-ring (bicyclic) bond motifs is 1. The highest BCUT2D eigenvalue weighted by Gasteiger charge is 2.20. The van der Waals surface area contributed by atoms with Gasteiger partial charge in [-0.1, -0.05) is 31.4 Å². The minimum absolute atomic E-state index is 0.173. The third-order valence-electron chi connectivity index (χ3n) is 4.51. The Balaban J connectivity index is 1.97. The molecule has 1 N–H and O–H groups in total. The standard InChI is InChI=1S/C18H22N2O2/c1-2-20-12-15(17(21)14-10-6-7-11-16(14)20)18(22)19-13-8-4-3-5-9-13/h6-7,10-13H,2-5,8-9H2,1H3,(H,19,22). The molecule has 1 aliphatic carbocycles. The van der Waals surface area contributed by atoms with Gasteiger partial charge in [0, 0.05) is 24.2 Å². The highest BCUT2D eigenvalue weighted by molar-refractivity contribution is 5.97. The molecule has 0 aliphatic heterocycles. The number of aryl methyl sites for hydroxylation is 1. The first-order valence-corrected chi connectivity index (χ1v) is 8.13. The Hall–Kier alpha value is -2.10. The Morgan fingerprint density at radius 2 is 1.95 bits per heavy atom. The number of carbonyl (C=O) groups excluding carboxylic acids is 1. The van der Waals surface area contributed by atoms with Gasteiger partial charge in [-0.05, 0) is 31.9 Å². The van der Waals surface area contributed by atoms with E-state index >= 15 is 0 Å². The van der Waals surface area contributed by atoms with Gasteiger partial charge in [-0.3, -0.25) is 9.59 Å². The van der Waals surface area contributed by atoms with Crippen molar-refractivity contribution in [2.75, 3.05) is 0 Å². The van der Waals surface area contributed by atoms with E-state index in [1.165, 1.54) is 6.42 Å². The van der Waals surface area contributed by atoms with Crippen molar-refractivity contribution < 1.29 is 4.79 Å². The normalized spacial score (nSPS) is 15.9. The molecular formula is C18H22N2O2. The van der Waals surface area contributed by atoms with Crippen LogP contribution in [-0.4, -0.2) is 16.5 Å². The van der Waals surface area contributed by atoms with E-state index in [1.807, 2.05) is 29.7 Å². The van der Waals surface area contributed by atoms with Crippen LogP contribution in [0.1, 0.15) is 49.4 Å². The molecule has 3 rings (SSSR count). The molecule has 0 atom stereocenters. The third kappa shape index (κ3) is 2.78. The van der Waals surface area contributed by atoms with Gasteiger partial charge in [0.05, 0.1) is 5.52 Å². The second-order valence-electron chi connectivity index (χ2n) is 5.98. The number of hydrogen-bond acceptors (Lipinski definition) is 2. The summed E-state index contributed by atoms with van der Waals surface area (Å²) in [6.45, 7) is 2.74. The molecule has 1 saturated carbocycles. The van der Waals surface area contributed by atoms with Crippen LogP contribution in [-0.2, 0) is 6.54 Å². The highest BCUT2D eigenvalue weighted by Crippen LogP contribution is 2.18. The second-order valence-corrected chi connectivity index (χ2v) is 5.98. The first-order chi connectivity index (χ1) is 10.7. The predicted octanol–water partition coefficient (Wildman–Crippen LogP) is 3.08. The van der Waals surface area contributed by atoms with E-state index in [9.17, 15) is 9.59 Å². The fraction of sp³-hybridized carbons (Fsp3) is 0.444. The molecule has 0 bridgehead atoms. The SMILES string of the molecule is CCn1cc(C(=O)NC2CCCCC2)c(=O)c2ccccc21. The minimum Gasteiger partial charge on any atom is -0.349 e. The maximum Gasteiger partial charge on any atom is 0.256 e. The smallest absolute Gasteiger partial charge is 0.256 e. The van der Waals surface area contributed by atoms with Crippen LogP contribution in [0.25, 0.3) is 10.9 Å². The van der Waals surface area contributed by atoms with Crippen molar-refractivity contribution >= 4 is 16.8 Å². The average molecular weight is 298 g/mol. The first-order valence-electron chi connectivity index (χ1n) is 8.13. The van der Waals surface area contributed by atoms with E-state index in [-0.39, 0.29) is 22.9 Å². The largest absolute Gasteiger partial charge is 0.349 e. The molecular weight excluding hydrogens is 276 g/mol. The Bertz CT molecular complexity index is 742. The highest BCUT2D eigenvalue weighted by atomic mass is 16.2. The van der Waals surface area contributed by atoms with E-state index < -0.39 is 0 Å². The summed E-state index contributed by atoms with van der Waals surface area (Å²) in [6.07, 6.45) is 7.28. The molecule has 4 nitrogen and oxygen atoms in total. The Morgan fingerprint density at radius 3 is 2.68 bits per heavy atom. The van der Waals surface area contributed by atoms with Crippen molar-refractivity contribution in [3.63, 3.8) is 0 Å². The van der Waals surface area contributed by atoms with Gasteiger partial charge in [0.2, 0.25) is 5.43 Å². The number of para-hydroxylation sites is 1. The van der Waals surface area contributed by atoms with Crippen molar-refractivity contribution in [3.05, 3.63) is 46.2 Å². The number of amides is 1. The molecule has 2 aromatic rings. The lowest BCUT2D eigenvalue weighted by molar-refractivity contribution is 0.0926. The topological polar surface area (TPSA) is 51.1 Å². The molecule has 0 radical (unpaired) electrons. The van der Waals surface area contributed by atoms with Crippen LogP contribution < -0.4 is 10.7 Å². The van der Waals surface area contributed by atoms with Crippen LogP contribution >= 0.6 is 0 Å². The second kappa shape index (κ2) is 6.34. The summed E-state index contributed by atoms with van der Waals surface area (Å²) in [6, 6.07) is 7.68. The Labute approximate surface area is 130 Å². The quantitative estimate of drug-likeness (QED) is 0.946. The van der Waals surface area contributed by atoms with Crippen LogP contribution in [0.5, 0.6) is 0 Å². The summed E-state index contributed by atoms with van der Waals surface area (Å²) in [4.78, 5) is 25.1. The van der Waals surface area contributed by atoms with Crippen LogP contribution in [0.2, 0.25) is 0 Å². The Kier molecular flexibility index (Phi) is 4.27. The van der Waals surface area contributed by atoms with Gasteiger partial charge in [0.15, 0.2) is 0 Å². The predicted molar refractivity (Wildman–Crippen MR) is 88.2 cm³/mol. The molecule has 1 amide bonds. The molecule has 1 heterocycles. The zero-order valence-corrected chi connectivity index (χ0v) is 13.0. The maximum absolute atomic E-state index is 12.6. The summed E-state index contributed by atoms with van der Waals surface area (Å²) in [5.74, 6) is -0.232. The van der Waals surface area contributed by atoms with Gasteiger partial charge < -0.3 is 9.88 Å². The molecule has 1 aliphatic rings. The average Bonchev–Trinajstić information content (AvgIpc) is 2.56. The molecule has 0 spiro atoms. The van der Waals surface area contributed by atoms with Crippen molar-refractivity contribution in [3.8, 4) is 0 Å². The van der Waals surface area contributed by atoms with E-state index in [0.717, 1.165) is 37.7 Å². The van der Waals surface area contributed by atoms with Crippen molar-refractivity contribution in [2.24, 2.45) is 0 Å². The van der Waals surface area contributed by atoms with Crippen LogP contribution in [0.15, 0.2) is 35.3 Å². The monoisotopic (exact) mass is 298 g/mol. The molecule has 116 valence electrons. The van der Waals surface area contributed by atoms with Gasteiger partial charge >= 0.3 is 0 Å². The summed E-state index contributed by atoms with van der Waals surface area (Å²) in [5.41, 5.74) is 0.962. The summed E-state index contributed by atoms with van der Waals surface area (Å²) < 4.78 is 1.96. The lowest BCUT2D eigenvalue weighted by Gasteiger charge is -2.23. The molecule has 22 heavy (non-hydrogen) atoms. The molecule has 0 saturated heterocycles. The van der Waals surface area contributed by atoms with E-state index in [1.54, 1.807) is 12.3 Å². The van der Waals surface area contributed by atoms with Crippen LogP contribution in [0.4, 0.5) is 0 Å². The lowest BCUT2D eigenvalue weighted by atomic mass is 9.95. The number of hydrogen-bond donors (Lipinski definition) is 1. The summed E-state index contributed by atoms with van der Waals surface area (Å²) in [5, 5.41) is 3.65. The fourth-order valence-electron chi connectivity index (χ4n) is 3.28. The zero-order valence-electron chi connectivity index (χ0n) is 13.0. The van der Waals surface area contributed by atoms with Crippen LogP contribution in [0, 0.1) is 0 Å². The summed E-state index contributed by atoms with van der Waals surface area (Å²) in [7, 11) is 0. The molecule has 4 heteroatoms. The number of rotatable bonds is 3. The van der Waals surface area contributed by atoms with E-state index in [2.05, 4.69) is 5.32 Å².